The van der Waals surface area contributed by atoms with E-state index in [1.807, 2.05) is 42.6 Å². The number of benzene rings is 1. The molecule has 2 aromatic rings. The Morgan fingerprint density at radius 1 is 1.18 bits per heavy atom. The van der Waals surface area contributed by atoms with Crippen molar-refractivity contribution in [1.29, 1.82) is 0 Å². The van der Waals surface area contributed by atoms with Gasteiger partial charge in [-0.3, -0.25) is 9.78 Å². The SMILES string of the molecule is CC(C)c1cnc(-c2ccccc2)c(C=O)c1. The van der Waals surface area contributed by atoms with Gasteiger partial charge in [0.05, 0.1) is 5.69 Å². The monoisotopic (exact) mass is 225 g/mol. The van der Waals surface area contributed by atoms with Gasteiger partial charge in [-0.2, -0.15) is 0 Å². The molecule has 1 aromatic heterocycles. The van der Waals surface area contributed by atoms with Gasteiger partial charge in [0.15, 0.2) is 6.29 Å². The van der Waals surface area contributed by atoms with E-state index >= 15 is 0 Å². The Kier molecular flexibility index (Phi) is 3.33. The van der Waals surface area contributed by atoms with E-state index in [1.54, 1.807) is 0 Å². The fourth-order valence-electron chi connectivity index (χ4n) is 1.74. The lowest BCUT2D eigenvalue weighted by molar-refractivity contribution is 0.112. The van der Waals surface area contributed by atoms with Crippen molar-refractivity contribution in [2.24, 2.45) is 0 Å². The predicted octanol–water partition coefficient (Wildman–Crippen LogP) is 3.68. The first-order chi connectivity index (χ1) is 8.22. The molecule has 2 rings (SSSR count). The molecule has 0 aliphatic rings. The summed E-state index contributed by atoms with van der Waals surface area (Å²) in [6.07, 6.45) is 2.72. The lowest BCUT2D eigenvalue weighted by Crippen LogP contribution is -1.96. The zero-order valence-electron chi connectivity index (χ0n) is 10.1. The second kappa shape index (κ2) is 4.91. The molecule has 0 aliphatic heterocycles. The van der Waals surface area contributed by atoms with Crippen LogP contribution in [0, 0.1) is 0 Å². The van der Waals surface area contributed by atoms with Crippen molar-refractivity contribution in [3.8, 4) is 11.3 Å². The van der Waals surface area contributed by atoms with Crippen LogP contribution in [-0.4, -0.2) is 11.3 Å². The molecule has 0 unspecified atom stereocenters. The minimum atomic E-state index is 0.381. The topological polar surface area (TPSA) is 30.0 Å². The van der Waals surface area contributed by atoms with Gasteiger partial charge < -0.3 is 0 Å². The third-order valence-electron chi connectivity index (χ3n) is 2.78. The number of aromatic nitrogens is 1. The molecule has 0 N–H and O–H groups in total. The molecule has 0 radical (unpaired) electrons. The van der Waals surface area contributed by atoms with Crippen molar-refractivity contribution in [2.45, 2.75) is 19.8 Å². The molecular weight excluding hydrogens is 210 g/mol. The first-order valence-corrected chi connectivity index (χ1v) is 5.73. The van der Waals surface area contributed by atoms with Crippen molar-refractivity contribution in [1.82, 2.24) is 4.98 Å². The average molecular weight is 225 g/mol. The van der Waals surface area contributed by atoms with Gasteiger partial charge in [0, 0.05) is 17.3 Å². The van der Waals surface area contributed by atoms with Crippen molar-refractivity contribution < 1.29 is 4.79 Å². The largest absolute Gasteiger partial charge is 0.298 e. The number of hydrogen-bond donors (Lipinski definition) is 0. The Morgan fingerprint density at radius 2 is 1.88 bits per heavy atom. The summed E-state index contributed by atoms with van der Waals surface area (Å²) in [5.74, 6) is 0.381. The fraction of sp³-hybridized carbons (Fsp3) is 0.200. The van der Waals surface area contributed by atoms with E-state index in [-0.39, 0.29) is 0 Å². The summed E-state index contributed by atoms with van der Waals surface area (Å²) in [5.41, 5.74) is 3.48. The van der Waals surface area contributed by atoms with E-state index in [4.69, 9.17) is 0 Å². The van der Waals surface area contributed by atoms with Gasteiger partial charge in [0.25, 0.3) is 0 Å². The Morgan fingerprint density at radius 3 is 2.47 bits per heavy atom. The lowest BCUT2D eigenvalue weighted by atomic mass is 10.00. The van der Waals surface area contributed by atoms with Crippen LogP contribution in [0.2, 0.25) is 0 Å². The summed E-state index contributed by atoms with van der Waals surface area (Å²) in [6.45, 7) is 4.18. The van der Waals surface area contributed by atoms with Gasteiger partial charge in [-0.1, -0.05) is 44.2 Å². The van der Waals surface area contributed by atoms with E-state index in [2.05, 4.69) is 18.8 Å². The highest BCUT2D eigenvalue weighted by molar-refractivity contribution is 5.85. The minimum absolute atomic E-state index is 0.381. The Labute approximate surface area is 101 Å². The van der Waals surface area contributed by atoms with Crippen LogP contribution in [0.5, 0.6) is 0 Å². The molecule has 1 aromatic carbocycles. The summed E-state index contributed by atoms with van der Waals surface area (Å²) in [7, 11) is 0. The Hall–Kier alpha value is -1.96. The third-order valence-corrected chi connectivity index (χ3v) is 2.78. The highest BCUT2D eigenvalue weighted by Gasteiger charge is 2.08. The maximum Gasteiger partial charge on any atom is 0.152 e. The number of rotatable bonds is 3. The maximum absolute atomic E-state index is 11.1. The molecule has 2 nitrogen and oxygen atoms in total. The highest BCUT2D eigenvalue weighted by atomic mass is 16.1. The normalized spacial score (nSPS) is 10.5. The summed E-state index contributed by atoms with van der Waals surface area (Å²) < 4.78 is 0. The number of carbonyl (C=O) groups is 1. The van der Waals surface area contributed by atoms with Crippen LogP contribution >= 0.6 is 0 Å². The summed E-state index contributed by atoms with van der Waals surface area (Å²) >= 11 is 0. The van der Waals surface area contributed by atoms with Crippen LogP contribution in [0.1, 0.15) is 35.7 Å². The number of aldehydes is 1. The predicted molar refractivity (Wildman–Crippen MR) is 69.1 cm³/mol. The van der Waals surface area contributed by atoms with Crippen molar-refractivity contribution in [3.05, 3.63) is 53.7 Å². The first kappa shape index (κ1) is 11.5. The van der Waals surface area contributed by atoms with Crippen LogP contribution in [-0.2, 0) is 0 Å². The second-order valence-corrected chi connectivity index (χ2v) is 4.35. The van der Waals surface area contributed by atoms with Gasteiger partial charge in [-0.25, -0.2) is 0 Å². The molecule has 86 valence electrons. The van der Waals surface area contributed by atoms with E-state index < -0.39 is 0 Å². The zero-order chi connectivity index (χ0) is 12.3. The van der Waals surface area contributed by atoms with Crippen LogP contribution in [0.25, 0.3) is 11.3 Å². The van der Waals surface area contributed by atoms with Crippen molar-refractivity contribution >= 4 is 6.29 Å². The second-order valence-electron chi connectivity index (χ2n) is 4.35. The smallest absolute Gasteiger partial charge is 0.152 e. The van der Waals surface area contributed by atoms with Crippen LogP contribution in [0.3, 0.4) is 0 Å². The molecule has 0 fully saturated rings. The van der Waals surface area contributed by atoms with Crippen molar-refractivity contribution in [3.63, 3.8) is 0 Å². The molecule has 0 atom stereocenters. The summed E-state index contributed by atoms with van der Waals surface area (Å²) in [5, 5.41) is 0. The minimum Gasteiger partial charge on any atom is -0.298 e. The molecule has 0 aliphatic carbocycles. The zero-order valence-corrected chi connectivity index (χ0v) is 10.1. The molecule has 0 spiro atoms. The van der Waals surface area contributed by atoms with E-state index in [1.165, 1.54) is 0 Å². The van der Waals surface area contributed by atoms with Gasteiger partial charge >= 0.3 is 0 Å². The quantitative estimate of drug-likeness (QED) is 0.746. The van der Waals surface area contributed by atoms with Gasteiger partial charge in [-0.15, -0.1) is 0 Å². The fourth-order valence-corrected chi connectivity index (χ4v) is 1.74. The molecule has 0 amide bonds. The molecular formula is C15H15NO. The number of nitrogens with zero attached hydrogens (tertiary/aromatic N) is 1. The average Bonchev–Trinajstić information content (AvgIpc) is 2.39. The standard InChI is InChI=1S/C15H15NO/c1-11(2)13-8-14(10-17)15(16-9-13)12-6-4-3-5-7-12/h3-11H,1-2H3. The number of hydrogen-bond acceptors (Lipinski definition) is 2. The van der Waals surface area contributed by atoms with Crippen LogP contribution < -0.4 is 0 Å². The molecule has 0 bridgehead atoms. The molecule has 17 heavy (non-hydrogen) atoms. The lowest BCUT2D eigenvalue weighted by Gasteiger charge is -2.09. The molecule has 1 heterocycles. The Bertz CT molecular complexity index is 518. The Balaban J connectivity index is 2.52. The maximum atomic E-state index is 11.1. The number of carbonyl (C=O) groups excluding carboxylic acids is 1. The summed E-state index contributed by atoms with van der Waals surface area (Å²) in [6, 6.07) is 11.7. The molecule has 0 saturated heterocycles. The van der Waals surface area contributed by atoms with Gasteiger partial charge in [-0.05, 0) is 17.5 Å². The van der Waals surface area contributed by atoms with Crippen LogP contribution in [0.15, 0.2) is 42.6 Å². The van der Waals surface area contributed by atoms with E-state index in [0.29, 0.717) is 11.5 Å². The summed E-state index contributed by atoms with van der Waals surface area (Å²) in [4.78, 5) is 15.5. The van der Waals surface area contributed by atoms with Gasteiger partial charge in [0.2, 0.25) is 0 Å². The van der Waals surface area contributed by atoms with E-state index in [9.17, 15) is 4.79 Å². The van der Waals surface area contributed by atoms with Crippen LogP contribution in [0.4, 0.5) is 0 Å². The van der Waals surface area contributed by atoms with Crippen molar-refractivity contribution in [2.75, 3.05) is 0 Å². The molecule has 2 heteroatoms. The first-order valence-electron chi connectivity index (χ1n) is 5.73. The highest BCUT2D eigenvalue weighted by Crippen LogP contribution is 2.23. The van der Waals surface area contributed by atoms with E-state index in [0.717, 1.165) is 23.1 Å². The van der Waals surface area contributed by atoms with Gasteiger partial charge in [0.1, 0.15) is 0 Å². The third kappa shape index (κ3) is 2.41. The number of pyridine rings is 1. The molecule has 0 saturated carbocycles.